The van der Waals surface area contributed by atoms with Crippen molar-refractivity contribution >= 4 is 11.0 Å². The summed E-state index contributed by atoms with van der Waals surface area (Å²) < 4.78 is 0. The fourth-order valence-electron chi connectivity index (χ4n) is 4.30. The molecule has 0 amide bonds. The topological polar surface area (TPSA) is 50.9 Å². The number of rotatable bonds is 14. The molecular weight excluding hydrogens is 382 g/mol. The normalized spacial score (nSPS) is 11.4. The van der Waals surface area contributed by atoms with Crippen LogP contribution in [-0.4, -0.2) is 20.1 Å². The van der Waals surface area contributed by atoms with Crippen LogP contribution >= 0.6 is 0 Å². The minimum absolute atomic E-state index is 0.314. The summed E-state index contributed by atoms with van der Waals surface area (Å²) in [5.74, 6) is 0.314. The largest absolute Gasteiger partial charge is 0.505 e. The first-order valence-corrected chi connectivity index (χ1v) is 12.3. The number of aryl methyl sites for hydroxylation is 2. The van der Waals surface area contributed by atoms with Crippen LogP contribution in [0.1, 0.15) is 95.1 Å². The average Bonchev–Trinajstić information content (AvgIpc) is 3.20. The van der Waals surface area contributed by atoms with Crippen molar-refractivity contribution in [3.8, 4) is 11.4 Å². The van der Waals surface area contributed by atoms with E-state index >= 15 is 0 Å². The number of phenols is 1. The molecule has 0 unspecified atom stereocenters. The third kappa shape index (κ3) is 7.09. The van der Waals surface area contributed by atoms with E-state index in [1.54, 1.807) is 4.80 Å². The first-order valence-electron chi connectivity index (χ1n) is 12.3. The van der Waals surface area contributed by atoms with Crippen molar-refractivity contribution in [2.24, 2.45) is 0 Å². The maximum Gasteiger partial charge on any atom is 0.146 e. The molecule has 0 saturated carbocycles. The van der Waals surface area contributed by atoms with Crippen LogP contribution in [0.15, 0.2) is 36.4 Å². The summed E-state index contributed by atoms with van der Waals surface area (Å²) in [5.41, 5.74) is 4.48. The molecule has 0 spiro atoms. The molecule has 0 saturated heterocycles. The van der Waals surface area contributed by atoms with Crippen molar-refractivity contribution in [3.63, 3.8) is 0 Å². The Hall–Kier alpha value is -2.36. The second kappa shape index (κ2) is 12.5. The molecular formula is C27H39N3O. The van der Waals surface area contributed by atoms with Crippen LogP contribution in [0.2, 0.25) is 0 Å². The second-order valence-electron chi connectivity index (χ2n) is 8.91. The van der Waals surface area contributed by atoms with Crippen molar-refractivity contribution in [2.75, 3.05) is 0 Å². The van der Waals surface area contributed by atoms with Gasteiger partial charge in [0.1, 0.15) is 22.5 Å². The third-order valence-corrected chi connectivity index (χ3v) is 6.11. The van der Waals surface area contributed by atoms with E-state index in [-0.39, 0.29) is 0 Å². The van der Waals surface area contributed by atoms with E-state index in [1.807, 2.05) is 30.3 Å². The number of hydrogen-bond acceptors (Lipinski definition) is 3. The molecule has 0 aliphatic carbocycles. The minimum Gasteiger partial charge on any atom is -0.505 e. The molecule has 3 aromatic rings. The molecule has 0 bridgehead atoms. The highest BCUT2D eigenvalue weighted by molar-refractivity contribution is 5.73. The molecule has 1 N–H and O–H groups in total. The van der Waals surface area contributed by atoms with Gasteiger partial charge in [0.2, 0.25) is 0 Å². The number of aromatic hydroxyl groups is 1. The lowest BCUT2D eigenvalue weighted by Gasteiger charge is -2.11. The zero-order valence-corrected chi connectivity index (χ0v) is 19.4. The van der Waals surface area contributed by atoms with Gasteiger partial charge in [-0.15, -0.1) is 15.0 Å². The smallest absolute Gasteiger partial charge is 0.146 e. The Morgan fingerprint density at radius 1 is 0.742 bits per heavy atom. The molecule has 0 atom stereocenters. The maximum absolute atomic E-state index is 10.9. The fraction of sp³-hybridized carbons (Fsp3) is 0.556. The highest BCUT2D eigenvalue weighted by Crippen LogP contribution is 2.29. The van der Waals surface area contributed by atoms with Crippen LogP contribution in [0.4, 0.5) is 0 Å². The van der Waals surface area contributed by atoms with Gasteiger partial charge in [0.05, 0.1) is 0 Å². The van der Waals surface area contributed by atoms with Gasteiger partial charge in [-0.25, -0.2) is 0 Å². The number of hydrogen-bond donors (Lipinski definition) is 1. The average molecular weight is 422 g/mol. The van der Waals surface area contributed by atoms with Crippen LogP contribution in [-0.2, 0) is 6.42 Å². The van der Waals surface area contributed by atoms with Crippen LogP contribution < -0.4 is 0 Å². The summed E-state index contributed by atoms with van der Waals surface area (Å²) in [6.45, 7) is 4.34. The number of unbranched alkanes of at least 4 members (excludes halogenated alkanes) is 11. The van der Waals surface area contributed by atoms with Crippen LogP contribution in [0.25, 0.3) is 16.7 Å². The summed E-state index contributed by atoms with van der Waals surface area (Å²) in [5, 5.41) is 19.9. The highest BCUT2D eigenvalue weighted by Gasteiger charge is 2.13. The quantitative estimate of drug-likeness (QED) is 0.272. The molecule has 4 heteroatoms. The molecule has 3 rings (SSSR count). The Labute approximate surface area is 187 Å². The zero-order chi connectivity index (χ0) is 21.9. The van der Waals surface area contributed by atoms with Crippen molar-refractivity contribution < 1.29 is 5.11 Å². The van der Waals surface area contributed by atoms with E-state index in [2.05, 4.69) is 30.1 Å². The van der Waals surface area contributed by atoms with E-state index in [1.165, 1.54) is 70.6 Å². The molecule has 2 aromatic carbocycles. The summed E-state index contributed by atoms with van der Waals surface area (Å²) in [6.07, 6.45) is 17.0. The molecule has 0 aliphatic heterocycles. The van der Waals surface area contributed by atoms with Crippen LogP contribution in [0.3, 0.4) is 0 Å². The minimum atomic E-state index is 0.314. The third-order valence-electron chi connectivity index (χ3n) is 6.11. The number of fused-ring (bicyclic) bond motifs is 1. The van der Waals surface area contributed by atoms with Gasteiger partial charge in [0, 0.05) is 0 Å². The van der Waals surface area contributed by atoms with Crippen LogP contribution in [0, 0.1) is 6.92 Å². The Balaban J connectivity index is 1.42. The van der Waals surface area contributed by atoms with Crippen molar-refractivity contribution in [1.29, 1.82) is 0 Å². The van der Waals surface area contributed by atoms with Gasteiger partial charge in [-0.2, -0.15) is 0 Å². The molecule has 0 fully saturated rings. The van der Waals surface area contributed by atoms with Crippen molar-refractivity contribution in [1.82, 2.24) is 15.0 Å². The molecule has 0 aliphatic rings. The summed E-state index contributed by atoms with van der Waals surface area (Å²) in [4.78, 5) is 1.57. The SMILES string of the molecule is CCCCCCCCCCCCCCc1cc(C)cc(-n2nc3ccccc3n2)c1O. The number of aromatic nitrogens is 3. The van der Waals surface area contributed by atoms with Gasteiger partial charge in [-0.1, -0.05) is 95.8 Å². The summed E-state index contributed by atoms with van der Waals surface area (Å²) >= 11 is 0. The fourth-order valence-corrected chi connectivity index (χ4v) is 4.30. The van der Waals surface area contributed by atoms with Crippen molar-refractivity contribution in [3.05, 3.63) is 47.5 Å². The van der Waals surface area contributed by atoms with Gasteiger partial charge in [-0.3, -0.25) is 0 Å². The molecule has 4 nitrogen and oxygen atoms in total. The lowest BCUT2D eigenvalue weighted by Crippen LogP contribution is -2.02. The Bertz CT molecular complexity index is 898. The predicted molar refractivity (Wildman–Crippen MR) is 130 cm³/mol. The highest BCUT2D eigenvalue weighted by atomic mass is 16.3. The molecule has 1 heterocycles. The molecule has 168 valence electrons. The molecule has 31 heavy (non-hydrogen) atoms. The van der Waals surface area contributed by atoms with Gasteiger partial charge >= 0.3 is 0 Å². The first-order chi connectivity index (χ1) is 15.2. The Morgan fingerprint density at radius 3 is 1.81 bits per heavy atom. The maximum atomic E-state index is 10.9. The lowest BCUT2D eigenvalue weighted by molar-refractivity contribution is 0.458. The van der Waals surface area contributed by atoms with E-state index in [4.69, 9.17) is 0 Å². The van der Waals surface area contributed by atoms with Gasteiger partial charge in [0.15, 0.2) is 0 Å². The second-order valence-corrected chi connectivity index (χ2v) is 8.91. The predicted octanol–water partition coefficient (Wildman–Crippen LogP) is 7.68. The van der Waals surface area contributed by atoms with E-state index in [0.717, 1.165) is 35.0 Å². The zero-order valence-electron chi connectivity index (χ0n) is 19.4. The van der Waals surface area contributed by atoms with Gasteiger partial charge in [0.25, 0.3) is 0 Å². The van der Waals surface area contributed by atoms with Gasteiger partial charge in [-0.05, 0) is 49.1 Å². The number of benzene rings is 2. The first kappa shape index (κ1) is 23.3. The molecule has 1 aromatic heterocycles. The van der Waals surface area contributed by atoms with E-state index in [0.29, 0.717) is 11.4 Å². The van der Waals surface area contributed by atoms with E-state index in [9.17, 15) is 5.11 Å². The monoisotopic (exact) mass is 421 g/mol. The van der Waals surface area contributed by atoms with E-state index < -0.39 is 0 Å². The van der Waals surface area contributed by atoms with Crippen LogP contribution in [0.5, 0.6) is 5.75 Å². The molecule has 0 radical (unpaired) electrons. The summed E-state index contributed by atoms with van der Waals surface area (Å²) in [7, 11) is 0. The summed E-state index contributed by atoms with van der Waals surface area (Å²) in [6, 6.07) is 11.9. The van der Waals surface area contributed by atoms with Gasteiger partial charge < -0.3 is 5.11 Å². The number of phenolic OH excluding ortho intramolecular Hbond substituents is 1. The number of nitrogens with zero attached hydrogens (tertiary/aromatic N) is 3. The Morgan fingerprint density at radius 2 is 1.26 bits per heavy atom. The standard InChI is InChI=1S/C27H39N3O/c1-3-4-5-6-7-8-9-10-11-12-13-14-17-23-20-22(2)21-26(27(23)31)30-28-24-18-15-16-19-25(24)29-30/h15-16,18-21,31H,3-14,17H2,1-2H3. The van der Waals surface area contributed by atoms with Crippen molar-refractivity contribution in [2.45, 2.75) is 97.3 Å². The lowest BCUT2D eigenvalue weighted by atomic mass is 10.0. The Kier molecular flexibility index (Phi) is 9.39.